The van der Waals surface area contributed by atoms with E-state index in [0.717, 1.165) is 38.0 Å². The van der Waals surface area contributed by atoms with E-state index in [0.29, 0.717) is 17.4 Å². The summed E-state index contributed by atoms with van der Waals surface area (Å²) in [6.45, 7) is 14.3. The molecule has 1 aliphatic carbocycles. The molecule has 1 spiro atoms. The van der Waals surface area contributed by atoms with Crippen molar-refractivity contribution in [2.45, 2.75) is 71.0 Å². The van der Waals surface area contributed by atoms with Crippen LogP contribution in [0.4, 0.5) is 0 Å². The second-order valence-corrected chi connectivity index (χ2v) is 11.2. The Morgan fingerprint density at radius 2 is 1.74 bits per heavy atom. The number of benzene rings is 2. The molecule has 1 N–H and O–H groups in total. The van der Waals surface area contributed by atoms with Gasteiger partial charge in [0.15, 0.2) is 0 Å². The maximum atomic E-state index is 5.64. The van der Waals surface area contributed by atoms with Crippen LogP contribution in [0, 0.1) is 5.41 Å². The van der Waals surface area contributed by atoms with E-state index in [1.165, 1.54) is 56.4 Å². The highest BCUT2D eigenvalue weighted by atomic mass is 16.5. The van der Waals surface area contributed by atoms with Crippen molar-refractivity contribution in [2.24, 2.45) is 5.41 Å². The quantitative estimate of drug-likeness (QED) is 0.581. The van der Waals surface area contributed by atoms with Crippen molar-refractivity contribution in [1.82, 2.24) is 15.1 Å². The minimum absolute atomic E-state index is 0.485. The smallest absolute Gasteiger partial charge is 0.119 e. The van der Waals surface area contributed by atoms with Crippen LogP contribution in [0.25, 0.3) is 0 Å². The van der Waals surface area contributed by atoms with Crippen LogP contribution in [0.15, 0.2) is 48.5 Å². The molecule has 1 unspecified atom stereocenters. The summed E-state index contributed by atoms with van der Waals surface area (Å²) in [5.41, 5.74) is 5.08. The number of nitrogens with one attached hydrogen (secondary N) is 1. The van der Waals surface area contributed by atoms with Crippen molar-refractivity contribution in [1.29, 1.82) is 0 Å². The molecular formula is C30H43N3O. The molecule has 184 valence electrons. The predicted molar refractivity (Wildman–Crippen MR) is 140 cm³/mol. The number of ether oxygens (including phenoxy) is 1. The molecule has 2 heterocycles. The van der Waals surface area contributed by atoms with Gasteiger partial charge in [0.2, 0.25) is 0 Å². The monoisotopic (exact) mass is 461 g/mol. The van der Waals surface area contributed by atoms with E-state index in [4.69, 9.17) is 4.74 Å². The number of hydrogen-bond acceptors (Lipinski definition) is 4. The van der Waals surface area contributed by atoms with Gasteiger partial charge in [0.1, 0.15) is 5.75 Å². The molecule has 5 rings (SSSR count). The van der Waals surface area contributed by atoms with Crippen molar-refractivity contribution in [3.8, 4) is 5.75 Å². The van der Waals surface area contributed by atoms with Gasteiger partial charge in [-0.15, -0.1) is 0 Å². The minimum Gasteiger partial charge on any atom is -0.494 e. The fourth-order valence-electron chi connectivity index (χ4n) is 6.71. The first-order valence-electron chi connectivity index (χ1n) is 13.6. The molecule has 2 aromatic rings. The number of rotatable bonds is 7. The minimum atomic E-state index is 0.485. The van der Waals surface area contributed by atoms with Gasteiger partial charge in [-0.2, -0.15) is 0 Å². The maximum Gasteiger partial charge on any atom is 0.119 e. The summed E-state index contributed by atoms with van der Waals surface area (Å²) >= 11 is 0. The highest BCUT2D eigenvalue weighted by Crippen LogP contribution is 2.52. The molecule has 1 atom stereocenters. The molecule has 34 heavy (non-hydrogen) atoms. The van der Waals surface area contributed by atoms with Crippen LogP contribution in [0.5, 0.6) is 5.75 Å². The van der Waals surface area contributed by atoms with Crippen molar-refractivity contribution in [2.75, 3.05) is 39.3 Å². The first kappa shape index (κ1) is 23.8. The predicted octanol–water partition coefficient (Wildman–Crippen LogP) is 5.60. The standard InChI is InChI=1S/C30H43N3O/c1-4-34-26-11-9-24(10-12-26)21-32-17-18-33(25-19-30(20-25)13-15-31-16-14-30)29(22-32)28-8-6-5-7-27(28)23(2)3/h5-12,23,25,29,31H,4,13-22H2,1-3H3. The van der Waals surface area contributed by atoms with Gasteiger partial charge in [0.05, 0.1) is 6.61 Å². The third-order valence-corrected chi connectivity index (χ3v) is 8.59. The van der Waals surface area contributed by atoms with Crippen LogP contribution < -0.4 is 10.1 Å². The first-order chi connectivity index (χ1) is 16.6. The lowest BCUT2D eigenvalue weighted by Gasteiger charge is -2.57. The summed E-state index contributed by atoms with van der Waals surface area (Å²) in [5, 5.41) is 3.57. The van der Waals surface area contributed by atoms with Crippen molar-refractivity contribution in [3.63, 3.8) is 0 Å². The number of piperidine rings is 1. The van der Waals surface area contributed by atoms with Crippen LogP contribution in [0.3, 0.4) is 0 Å². The van der Waals surface area contributed by atoms with E-state index in [-0.39, 0.29) is 0 Å². The average molecular weight is 462 g/mol. The molecule has 0 amide bonds. The molecule has 2 saturated heterocycles. The summed E-state index contributed by atoms with van der Waals surface area (Å²) in [5.74, 6) is 1.52. The second-order valence-electron chi connectivity index (χ2n) is 11.2. The van der Waals surface area contributed by atoms with Gasteiger partial charge in [-0.05, 0) is 85.9 Å². The summed E-state index contributed by atoms with van der Waals surface area (Å²) in [7, 11) is 0. The van der Waals surface area contributed by atoms with E-state index >= 15 is 0 Å². The Balaban J connectivity index is 1.34. The molecule has 0 bridgehead atoms. The molecule has 4 heteroatoms. The van der Waals surface area contributed by atoms with E-state index in [1.54, 1.807) is 5.56 Å². The van der Waals surface area contributed by atoms with Crippen LogP contribution >= 0.6 is 0 Å². The van der Waals surface area contributed by atoms with Gasteiger partial charge in [0.25, 0.3) is 0 Å². The summed E-state index contributed by atoms with van der Waals surface area (Å²) < 4.78 is 5.64. The molecule has 3 fully saturated rings. The van der Waals surface area contributed by atoms with E-state index in [9.17, 15) is 0 Å². The molecule has 0 radical (unpaired) electrons. The third-order valence-electron chi connectivity index (χ3n) is 8.59. The third kappa shape index (κ3) is 5.05. The van der Waals surface area contributed by atoms with Gasteiger partial charge in [0, 0.05) is 38.3 Å². The largest absolute Gasteiger partial charge is 0.494 e. The van der Waals surface area contributed by atoms with Crippen LogP contribution in [0.1, 0.15) is 75.1 Å². The molecule has 2 aromatic carbocycles. The molecule has 3 aliphatic rings. The fraction of sp³-hybridized carbons (Fsp3) is 0.600. The first-order valence-corrected chi connectivity index (χ1v) is 13.6. The lowest BCUT2D eigenvalue weighted by molar-refractivity contribution is -0.0650. The number of hydrogen-bond donors (Lipinski definition) is 1. The zero-order valence-electron chi connectivity index (χ0n) is 21.4. The Morgan fingerprint density at radius 1 is 1.00 bits per heavy atom. The summed E-state index contributed by atoms with van der Waals surface area (Å²) in [6, 6.07) is 19.2. The van der Waals surface area contributed by atoms with Crippen LogP contribution in [0.2, 0.25) is 0 Å². The van der Waals surface area contributed by atoms with Crippen molar-refractivity contribution >= 4 is 0 Å². The normalized spacial score (nSPS) is 23.8. The van der Waals surface area contributed by atoms with E-state index in [2.05, 4.69) is 77.5 Å². The van der Waals surface area contributed by atoms with Crippen LogP contribution in [-0.4, -0.2) is 55.2 Å². The van der Waals surface area contributed by atoms with Crippen molar-refractivity contribution < 1.29 is 4.74 Å². The zero-order valence-corrected chi connectivity index (χ0v) is 21.4. The lowest BCUT2D eigenvalue weighted by atomic mass is 9.60. The van der Waals surface area contributed by atoms with E-state index < -0.39 is 0 Å². The topological polar surface area (TPSA) is 27.7 Å². The van der Waals surface area contributed by atoms with Gasteiger partial charge in [-0.25, -0.2) is 0 Å². The Morgan fingerprint density at radius 3 is 2.44 bits per heavy atom. The van der Waals surface area contributed by atoms with E-state index in [1.807, 2.05) is 6.92 Å². The Labute approximate surface area is 206 Å². The Kier molecular flexibility index (Phi) is 7.29. The highest BCUT2D eigenvalue weighted by Gasteiger charge is 2.49. The van der Waals surface area contributed by atoms with Gasteiger partial charge in [-0.1, -0.05) is 50.2 Å². The zero-order chi connectivity index (χ0) is 23.5. The number of piperazine rings is 1. The molecule has 1 saturated carbocycles. The van der Waals surface area contributed by atoms with Gasteiger partial charge in [-0.3, -0.25) is 9.80 Å². The molecule has 0 aromatic heterocycles. The molecular weight excluding hydrogens is 418 g/mol. The Bertz CT molecular complexity index is 926. The Hall–Kier alpha value is -1.88. The summed E-state index contributed by atoms with van der Waals surface area (Å²) in [6.07, 6.45) is 5.53. The fourth-order valence-corrected chi connectivity index (χ4v) is 6.71. The van der Waals surface area contributed by atoms with Crippen molar-refractivity contribution in [3.05, 3.63) is 65.2 Å². The van der Waals surface area contributed by atoms with Gasteiger partial charge < -0.3 is 10.1 Å². The molecule has 4 nitrogen and oxygen atoms in total. The number of nitrogens with zero attached hydrogens (tertiary/aromatic N) is 2. The lowest BCUT2D eigenvalue weighted by Crippen LogP contribution is -2.59. The average Bonchev–Trinajstić information content (AvgIpc) is 2.84. The maximum absolute atomic E-state index is 5.64. The second kappa shape index (κ2) is 10.4. The highest BCUT2D eigenvalue weighted by molar-refractivity contribution is 5.34. The van der Waals surface area contributed by atoms with Gasteiger partial charge >= 0.3 is 0 Å². The van der Waals surface area contributed by atoms with Crippen LogP contribution in [-0.2, 0) is 6.54 Å². The summed E-state index contributed by atoms with van der Waals surface area (Å²) in [4.78, 5) is 5.57. The molecule has 2 aliphatic heterocycles. The SMILES string of the molecule is CCOc1ccc(CN2CCN(C3CC4(CCNCC4)C3)C(c3ccccc3C(C)C)C2)cc1.